The lowest BCUT2D eigenvalue weighted by Gasteiger charge is -2.14. The molecule has 4 aromatic rings. The molecule has 32 heavy (non-hydrogen) atoms. The van der Waals surface area contributed by atoms with E-state index in [1.807, 2.05) is 72.2 Å². The van der Waals surface area contributed by atoms with Gasteiger partial charge in [0.15, 0.2) is 16.8 Å². The van der Waals surface area contributed by atoms with Crippen molar-refractivity contribution >= 4 is 29.1 Å². The summed E-state index contributed by atoms with van der Waals surface area (Å²) in [5.41, 5.74) is 3.11. The number of aromatic nitrogens is 3. The highest BCUT2D eigenvalue weighted by Crippen LogP contribution is 2.30. The normalized spacial score (nSPS) is 11.7. The number of nitrogens with zero attached hydrogens (tertiary/aromatic N) is 3. The molecule has 4 rings (SSSR count). The fourth-order valence-electron chi connectivity index (χ4n) is 3.17. The topological polar surface area (TPSA) is 76.9 Å². The molecule has 1 atom stereocenters. The van der Waals surface area contributed by atoms with E-state index in [-0.39, 0.29) is 11.7 Å². The van der Waals surface area contributed by atoms with Gasteiger partial charge < -0.3 is 5.32 Å². The SMILES string of the molecule is CC(=O)c1ccc(NC(=O)C(C)Sc2nnc(-c3ccccc3)n2-c2ccccc2)cc1. The van der Waals surface area contributed by atoms with Gasteiger partial charge in [-0.3, -0.25) is 14.2 Å². The molecule has 160 valence electrons. The van der Waals surface area contributed by atoms with E-state index in [2.05, 4.69) is 15.5 Å². The maximum absolute atomic E-state index is 12.8. The molecule has 0 fully saturated rings. The zero-order valence-corrected chi connectivity index (χ0v) is 18.5. The second-order valence-corrected chi connectivity index (χ2v) is 8.53. The van der Waals surface area contributed by atoms with Crippen LogP contribution in [0.2, 0.25) is 0 Å². The van der Waals surface area contributed by atoms with Crippen molar-refractivity contribution in [1.82, 2.24) is 14.8 Å². The quantitative estimate of drug-likeness (QED) is 0.312. The summed E-state index contributed by atoms with van der Waals surface area (Å²) in [5.74, 6) is 0.544. The number of anilines is 1. The summed E-state index contributed by atoms with van der Waals surface area (Å²) in [6.45, 7) is 3.34. The fraction of sp³-hybridized carbons (Fsp3) is 0.120. The van der Waals surface area contributed by atoms with E-state index in [4.69, 9.17) is 0 Å². The third kappa shape index (κ3) is 4.78. The van der Waals surface area contributed by atoms with Crippen LogP contribution >= 0.6 is 11.8 Å². The minimum absolute atomic E-state index is 0.0127. The van der Waals surface area contributed by atoms with Gasteiger partial charge in [0.1, 0.15) is 0 Å². The molecule has 0 spiro atoms. The van der Waals surface area contributed by atoms with Gasteiger partial charge in [0.2, 0.25) is 5.91 Å². The Balaban J connectivity index is 1.57. The number of thioether (sulfide) groups is 1. The Hall–Kier alpha value is -3.71. The van der Waals surface area contributed by atoms with Crippen molar-refractivity contribution in [3.63, 3.8) is 0 Å². The van der Waals surface area contributed by atoms with Crippen molar-refractivity contribution in [3.8, 4) is 17.1 Å². The highest BCUT2D eigenvalue weighted by atomic mass is 32.2. The summed E-state index contributed by atoms with van der Waals surface area (Å²) in [5, 5.41) is 11.9. The summed E-state index contributed by atoms with van der Waals surface area (Å²) in [7, 11) is 0. The van der Waals surface area contributed by atoms with E-state index in [0.717, 1.165) is 11.3 Å². The Bertz CT molecular complexity index is 1220. The van der Waals surface area contributed by atoms with Crippen LogP contribution < -0.4 is 5.32 Å². The number of hydrogen-bond donors (Lipinski definition) is 1. The van der Waals surface area contributed by atoms with Gasteiger partial charge in [-0.15, -0.1) is 10.2 Å². The van der Waals surface area contributed by atoms with Crippen LogP contribution in [0.15, 0.2) is 90.1 Å². The fourth-order valence-corrected chi connectivity index (χ4v) is 4.04. The number of para-hydroxylation sites is 1. The van der Waals surface area contributed by atoms with Crippen LogP contribution in [0.3, 0.4) is 0 Å². The predicted molar refractivity (Wildman–Crippen MR) is 127 cm³/mol. The van der Waals surface area contributed by atoms with Gasteiger partial charge in [0.25, 0.3) is 0 Å². The van der Waals surface area contributed by atoms with Crippen molar-refractivity contribution < 1.29 is 9.59 Å². The van der Waals surface area contributed by atoms with Crippen molar-refractivity contribution in [2.45, 2.75) is 24.3 Å². The van der Waals surface area contributed by atoms with Crippen LogP contribution in [0.4, 0.5) is 5.69 Å². The van der Waals surface area contributed by atoms with Crippen LogP contribution in [-0.4, -0.2) is 31.7 Å². The second-order valence-electron chi connectivity index (χ2n) is 7.23. The standard InChI is InChI=1S/C25H22N4O2S/c1-17(30)19-13-15-21(16-14-19)26-24(31)18(2)32-25-28-27-23(20-9-5-3-6-10-20)29(25)22-11-7-4-8-12-22/h3-16,18H,1-2H3,(H,26,31). The molecule has 1 heterocycles. The molecule has 0 aliphatic heterocycles. The van der Waals surface area contributed by atoms with E-state index >= 15 is 0 Å². The molecule has 0 aliphatic carbocycles. The first-order chi connectivity index (χ1) is 15.5. The van der Waals surface area contributed by atoms with Gasteiger partial charge in [0, 0.05) is 22.5 Å². The van der Waals surface area contributed by atoms with E-state index in [0.29, 0.717) is 22.2 Å². The third-order valence-corrected chi connectivity index (χ3v) is 5.93. The lowest BCUT2D eigenvalue weighted by molar-refractivity contribution is -0.115. The van der Waals surface area contributed by atoms with Crippen LogP contribution in [0.25, 0.3) is 17.1 Å². The molecule has 7 heteroatoms. The van der Waals surface area contributed by atoms with Crippen molar-refractivity contribution in [2.24, 2.45) is 0 Å². The number of amides is 1. The Morgan fingerprint density at radius 1 is 0.875 bits per heavy atom. The van der Waals surface area contributed by atoms with E-state index in [9.17, 15) is 9.59 Å². The highest BCUT2D eigenvalue weighted by Gasteiger charge is 2.22. The summed E-state index contributed by atoms with van der Waals surface area (Å²) in [4.78, 5) is 24.2. The van der Waals surface area contributed by atoms with Crippen molar-refractivity contribution in [3.05, 3.63) is 90.5 Å². The van der Waals surface area contributed by atoms with Crippen LogP contribution in [0.5, 0.6) is 0 Å². The minimum Gasteiger partial charge on any atom is -0.325 e. The van der Waals surface area contributed by atoms with Gasteiger partial charge >= 0.3 is 0 Å². The third-order valence-electron chi connectivity index (χ3n) is 4.89. The number of rotatable bonds is 7. The summed E-state index contributed by atoms with van der Waals surface area (Å²) in [6.07, 6.45) is 0. The van der Waals surface area contributed by atoms with E-state index in [1.165, 1.54) is 18.7 Å². The molecule has 6 nitrogen and oxygen atoms in total. The van der Waals surface area contributed by atoms with Gasteiger partial charge in [-0.05, 0) is 50.2 Å². The molecular weight excluding hydrogens is 420 g/mol. The first kappa shape index (κ1) is 21.5. The van der Waals surface area contributed by atoms with Crippen LogP contribution in [-0.2, 0) is 4.79 Å². The molecule has 1 aromatic heterocycles. The summed E-state index contributed by atoms with van der Waals surface area (Å²) >= 11 is 1.34. The zero-order chi connectivity index (χ0) is 22.5. The Morgan fingerprint density at radius 3 is 2.12 bits per heavy atom. The molecule has 0 saturated carbocycles. The largest absolute Gasteiger partial charge is 0.325 e. The Morgan fingerprint density at radius 2 is 1.50 bits per heavy atom. The van der Waals surface area contributed by atoms with E-state index < -0.39 is 5.25 Å². The van der Waals surface area contributed by atoms with Gasteiger partial charge in [-0.1, -0.05) is 60.3 Å². The molecule has 1 unspecified atom stereocenters. The van der Waals surface area contributed by atoms with Gasteiger partial charge in [-0.2, -0.15) is 0 Å². The smallest absolute Gasteiger partial charge is 0.237 e. The lowest BCUT2D eigenvalue weighted by atomic mass is 10.1. The average Bonchev–Trinajstić information content (AvgIpc) is 3.24. The Labute approximate surface area is 190 Å². The van der Waals surface area contributed by atoms with Gasteiger partial charge in [0.05, 0.1) is 5.25 Å². The molecule has 0 aliphatic rings. The molecule has 1 N–H and O–H groups in total. The predicted octanol–water partition coefficient (Wildman–Crippen LogP) is 5.26. The Kier molecular flexibility index (Phi) is 6.47. The van der Waals surface area contributed by atoms with E-state index in [1.54, 1.807) is 24.3 Å². The van der Waals surface area contributed by atoms with Crippen molar-refractivity contribution in [1.29, 1.82) is 0 Å². The number of ketones is 1. The molecule has 1 amide bonds. The maximum atomic E-state index is 12.8. The van der Waals surface area contributed by atoms with Crippen molar-refractivity contribution in [2.75, 3.05) is 5.32 Å². The monoisotopic (exact) mass is 442 g/mol. The number of hydrogen-bond acceptors (Lipinski definition) is 5. The van der Waals surface area contributed by atoms with Crippen LogP contribution in [0.1, 0.15) is 24.2 Å². The number of carbonyl (C=O) groups excluding carboxylic acids is 2. The number of carbonyl (C=O) groups is 2. The zero-order valence-electron chi connectivity index (χ0n) is 17.7. The maximum Gasteiger partial charge on any atom is 0.237 e. The molecule has 0 saturated heterocycles. The number of Topliss-reactive ketones (excluding diaryl/α,β-unsaturated/α-hetero) is 1. The second kappa shape index (κ2) is 9.62. The molecule has 3 aromatic carbocycles. The molecule has 0 radical (unpaired) electrons. The lowest BCUT2D eigenvalue weighted by Crippen LogP contribution is -2.23. The highest BCUT2D eigenvalue weighted by molar-refractivity contribution is 8.00. The van der Waals surface area contributed by atoms with Crippen LogP contribution in [0, 0.1) is 0 Å². The molecular formula is C25H22N4O2S. The van der Waals surface area contributed by atoms with Gasteiger partial charge in [-0.25, -0.2) is 0 Å². The first-order valence-corrected chi connectivity index (χ1v) is 11.1. The average molecular weight is 443 g/mol. The summed E-state index contributed by atoms with van der Waals surface area (Å²) < 4.78 is 1.96. The molecule has 0 bridgehead atoms. The first-order valence-electron chi connectivity index (χ1n) is 10.2. The minimum atomic E-state index is -0.419. The number of nitrogens with one attached hydrogen (secondary N) is 1. The number of benzene rings is 3. The summed E-state index contributed by atoms with van der Waals surface area (Å²) in [6, 6.07) is 26.5.